The molecule has 1 aromatic rings. The van der Waals surface area contributed by atoms with Crippen LogP contribution in [-0.2, 0) is 16.0 Å². The highest BCUT2D eigenvalue weighted by atomic mass is 16.5. The molecule has 0 bridgehead atoms. The Bertz CT molecular complexity index is 357. The monoisotopic (exact) mass is 234 g/mol. The highest BCUT2D eigenvalue weighted by molar-refractivity contribution is 5.66. The summed E-state index contributed by atoms with van der Waals surface area (Å²) in [6.45, 7) is 1.34. The predicted octanol–water partition coefficient (Wildman–Crippen LogP) is 2.45. The Morgan fingerprint density at radius 3 is 2.76 bits per heavy atom. The van der Waals surface area contributed by atoms with E-state index in [4.69, 9.17) is 0 Å². The van der Waals surface area contributed by atoms with Crippen molar-refractivity contribution in [2.45, 2.75) is 32.3 Å². The van der Waals surface area contributed by atoms with Crippen LogP contribution in [0, 0.1) is 0 Å². The number of hydrogen-bond acceptors (Lipinski definition) is 3. The summed E-state index contributed by atoms with van der Waals surface area (Å²) in [7, 11) is 0. The van der Waals surface area contributed by atoms with Crippen LogP contribution in [0.1, 0.15) is 25.3 Å². The zero-order valence-corrected chi connectivity index (χ0v) is 10.0. The van der Waals surface area contributed by atoms with Crippen molar-refractivity contribution in [3.63, 3.8) is 0 Å². The summed E-state index contributed by atoms with van der Waals surface area (Å²) in [6, 6.07) is 10.0. The van der Waals surface area contributed by atoms with E-state index in [1.807, 2.05) is 30.3 Å². The van der Waals surface area contributed by atoms with E-state index in [0.29, 0.717) is 12.8 Å². The van der Waals surface area contributed by atoms with Crippen LogP contribution in [0.25, 0.3) is 0 Å². The van der Waals surface area contributed by atoms with Gasteiger partial charge in [-0.2, -0.15) is 0 Å². The molecule has 0 aliphatic heterocycles. The van der Waals surface area contributed by atoms with Gasteiger partial charge in [-0.1, -0.05) is 30.3 Å². The second-order valence-electron chi connectivity index (χ2n) is 3.90. The van der Waals surface area contributed by atoms with Crippen LogP contribution in [0.5, 0.6) is 0 Å². The second-order valence-corrected chi connectivity index (χ2v) is 3.90. The lowest BCUT2D eigenvalue weighted by Crippen LogP contribution is -2.06. The average Bonchev–Trinajstić information content (AvgIpc) is 2.33. The maximum atomic E-state index is 10.5. The molecule has 17 heavy (non-hydrogen) atoms. The molecule has 0 aliphatic carbocycles. The van der Waals surface area contributed by atoms with Crippen LogP contribution >= 0.6 is 0 Å². The number of carbonyl (C=O) groups excluding carboxylic acids is 1. The van der Waals surface area contributed by atoms with E-state index >= 15 is 0 Å². The maximum Gasteiger partial charge on any atom is 0.307 e. The lowest BCUT2D eigenvalue weighted by molar-refractivity contribution is -0.135. The Balaban J connectivity index is 2.19. The third-order valence-electron chi connectivity index (χ3n) is 2.35. The molecule has 1 rings (SSSR count). The third-order valence-corrected chi connectivity index (χ3v) is 2.35. The van der Waals surface area contributed by atoms with Gasteiger partial charge in [0, 0.05) is 6.92 Å². The van der Waals surface area contributed by atoms with E-state index in [1.54, 1.807) is 6.08 Å². The molecular weight excluding hydrogens is 216 g/mol. The number of ether oxygens (including phenoxy) is 1. The lowest BCUT2D eigenvalue weighted by Gasteiger charge is -2.07. The largest absolute Gasteiger partial charge is 0.435 e. The number of aliphatic hydroxyl groups is 1. The van der Waals surface area contributed by atoms with Crippen molar-refractivity contribution < 1.29 is 14.6 Å². The Kier molecular flexibility index (Phi) is 6.04. The van der Waals surface area contributed by atoms with Gasteiger partial charge < -0.3 is 9.84 Å². The Labute approximate surface area is 102 Å². The molecule has 92 valence electrons. The second kappa shape index (κ2) is 7.63. The Morgan fingerprint density at radius 2 is 2.12 bits per heavy atom. The molecule has 1 aromatic carbocycles. The molecule has 1 unspecified atom stereocenters. The molecule has 0 saturated heterocycles. The van der Waals surface area contributed by atoms with E-state index < -0.39 is 6.10 Å². The molecular formula is C14H18O3. The highest BCUT2D eigenvalue weighted by Gasteiger charge is 2.02. The van der Waals surface area contributed by atoms with E-state index in [9.17, 15) is 9.90 Å². The zero-order chi connectivity index (χ0) is 12.5. The van der Waals surface area contributed by atoms with Crippen LogP contribution < -0.4 is 0 Å². The van der Waals surface area contributed by atoms with Crippen LogP contribution in [0.2, 0.25) is 0 Å². The summed E-state index contributed by atoms with van der Waals surface area (Å²) in [6.07, 6.45) is 4.64. The summed E-state index contributed by atoms with van der Waals surface area (Å²) in [5.74, 6) is -0.347. The normalized spacial score (nSPS) is 12.6. The minimum atomic E-state index is -0.401. The van der Waals surface area contributed by atoms with Gasteiger partial charge in [-0.05, 0) is 30.9 Å². The van der Waals surface area contributed by atoms with E-state index in [0.717, 1.165) is 6.42 Å². The highest BCUT2D eigenvalue weighted by Crippen LogP contribution is 2.07. The van der Waals surface area contributed by atoms with Crippen molar-refractivity contribution in [2.24, 2.45) is 0 Å². The molecule has 0 saturated carbocycles. The number of benzene rings is 1. The molecule has 0 aromatic heterocycles. The van der Waals surface area contributed by atoms with Gasteiger partial charge in [0.1, 0.15) is 0 Å². The first-order valence-corrected chi connectivity index (χ1v) is 5.72. The quantitative estimate of drug-likeness (QED) is 0.607. The molecule has 0 heterocycles. The first-order chi connectivity index (χ1) is 8.18. The van der Waals surface area contributed by atoms with Crippen molar-refractivity contribution in [2.75, 3.05) is 0 Å². The minimum Gasteiger partial charge on any atom is -0.435 e. The van der Waals surface area contributed by atoms with E-state index in [1.165, 1.54) is 18.7 Å². The van der Waals surface area contributed by atoms with Crippen molar-refractivity contribution in [3.8, 4) is 0 Å². The molecule has 0 radical (unpaired) electrons. The van der Waals surface area contributed by atoms with Gasteiger partial charge in [-0.15, -0.1) is 0 Å². The number of hydrogen-bond donors (Lipinski definition) is 1. The van der Waals surface area contributed by atoms with Gasteiger partial charge in [-0.3, -0.25) is 4.79 Å². The topological polar surface area (TPSA) is 46.5 Å². The number of carbonyl (C=O) groups is 1. The first-order valence-electron chi connectivity index (χ1n) is 5.72. The van der Waals surface area contributed by atoms with Crippen molar-refractivity contribution in [1.82, 2.24) is 0 Å². The van der Waals surface area contributed by atoms with E-state index in [2.05, 4.69) is 4.74 Å². The van der Waals surface area contributed by atoms with Gasteiger partial charge in [0.2, 0.25) is 0 Å². The average molecular weight is 234 g/mol. The maximum absolute atomic E-state index is 10.5. The Morgan fingerprint density at radius 1 is 1.41 bits per heavy atom. The number of aliphatic hydroxyl groups excluding tert-OH is 1. The summed E-state index contributed by atoms with van der Waals surface area (Å²) in [5.41, 5.74) is 1.22. The molecule has 3 nitrogen and oxygen atoms in total. The number of rotatable bonds is 6. The molecule has 0 spiro atoms. The molecule has 1 N–H and O–H groups in total. The van der Waals surface area contributed by atoms with Crippen LogP contribution in [0.3, 0.4) is 0 Å². The van der Waals surface area contributed by atoms with Crippen LogP contribution in [-0.4, -0.2) is 17.2 Å². The van der Waals surface area contributed by atoms with Gasteiger partial charge in [0.05, 0.1) is 12.4 Å². The molecule has 1 atom stereocenters. The van der Waals surface area contributed by atoms with Gasteiger partial charge in [0.25, 0.3) is 0 Å². The first kappa shape index (κ1) is 13.5. The van der Waals surface area contributed by atoms with Crippen molar-refractivity contribution in [3.05, 3.63) is 48.2 Å². The van der Waals surface area contributed by atoms with Gasteiger partial charge in [-0.25, -0.2) is 0 Å². The molecule has 0 fully saturated rings. The van der Waals surface area contributed by atoms with Gasteiger partial charge >= 0.3 is 5.97 Å². The van der Waals surface area contributed by atoms with Gasteiger partial charge in [0.15, 0.2) is 0 Å². The fraction of sp³-hybridized carbons (Fsp3) is 0.357. The summed E-state index contributed by atoms with van der Waals surface area (Å²) < 4.78 is 4.62. The van der Waals surface area contributed by atoms with Crippen molar-refractivity contribution in [1.29, 1.82) is 0 Å². The fourth-order valence-electron chi connectivity index (χ4n) is 1.45. The molecule has 0 amide bonds. The summed E-state index contributed by atoms with van der Waals surface area (Å²) >= 11 is 0. The molecule has 0 aliphatic rings. The number of esters is 1. The standard InChI is InChI=1S/C14H18O3/c1-12(15)17-11-5-8-14(16)10-9-13-6-3-2-4-7-13/h2-7,11,14,16H,8-10H2,1H3/b11-5-. The lowest BCUT2D eigenvalue weighted by atomic mass is 10.1. The Hall–Kier alpha value is -1.61. The fourth-order valence-corrected chi connectivity index (χ4v) is 1.45. The van der Waals surface area contributed by atoms with Crippen LogP contribution in [0.15, 0.2) is 42.7 Å². The number of aryl methyl sites for hydroxylation is 1. The minimum absolute atomic E-state index is 0.347. The van der Waals surface area contributed by atoms with E-state index in [-0.39, 0.29) is 5.97 Å². The van der Waals surface area contributed by atoms with Crippen molar-refractivity contribution >= 4 is 5.97 Å². The predicted molar refractivity (Wildman–Crippen MR) is 66.3 cm³/mol. The third kappa shape index (κ3) is 6.53. The summed E-state index contributed by atoms with van der Waals surface area (Å²) in [5, 5.41) is 9.68. The smallest absolute Gasteiger partial charge is 0.307 e. The SMILES string of the molecule is CC(=O)O/C=C\CC(O)CCc1ccccc1. The van der Waals surface area contributed by atoms with Crippen LogP contribution in [0.4, 0.5) is 0 Å². The molecule has 3 heteroatoms. The summed E-state index contributed by atoms with van der Waals surface area (Å²) in [4.78, 5) is 10.5. The zero-order valence-electron chi connectivity index (χ0n) is 10.0.